The van der Waals surface area contributed by atoms with Gasteiger partial charge in [0.05, 0.1) is 6.04 Å². The number of carbonyl (C=O) groups is 2. The van der Waals surface area contributed by atoms with E-state index in [9.17, 15) is 9.59 Å². The Hall–Kier alpha value is -4.51. The first-order valence-corrected chi connectivity index (χ1v) is 13.4. The number of likely N-dealkylation sites (N-methyl/N-ethyl adjacent to an activating group) is 1. The minimum Gasteiger partial charge on any atom is -0.382 e. The number of anilines is 1. The Bertz CT molecular complexity index is 1440. The van der Waals surface area contributed by atoms with E-state index in [0.717, 1.165) is 37.2 Å². The minimum atomic E-state index is -0.332. The molecular weight excluding hydrogens is 506 g/mol. The molecular formula is C29H37N9O2. The average molecular weight is 544 g/mol. The van der Waals surface area contributed by atoms with Crippen molar-refractivity contribution in [3.63, 3.8) is 0 Å². The number of carbonyl (C=O) groups excluding carboxylic acids is 2. The van der Waals surface area contributed by atoms with Gasteiger partial charge in [-0.25, -0.2) is 9.97 Å². The molecule has 1 unspecified atom stereocenters. The van der Waals surface area contributed by atoms with Gasteiger partial charge in [-0.2, -0.15) is 5.10 Å². The maximum atomic E-state index is 13.3. The summed E-state index contributed by atoms with van der Waals surface area (Å²) in [6.07, 6.45) is 13.9. The molecule has 5 N–H and O–H groups in total. The fourth-order valence-electron chi connectivity index (χ4n) is 4.85. The average Bonchev–Trinajstić information content (AvgIpc) is 3.35. The molecule has 1 aliphatic rings. The Kier molecular flexibility index (Phi) is 9.28. The number of allylic oxidation sites excluding steroid dienone is 1. The van der Waals surface area contributed by atoms with Gasteiger partial charge in [-0.05, 0) is 58.5 Å². The molecule has 1 fully saturated rings. The van der Waals surface area contributed by atoms with Gasteiger partial charge in [0.25, 0.3) is 5.91 Å². The van der Waals surface area contributed by atoms with E-state index in [4.69, 9.17) is 16.6 Å². The van der Waals surface area contributed by atoms with Crippen LogP contribution in [0.4, 0.5) is 5.82 Å². The number of amides is 2. The van der Waals surface area contributed by atoms with Crippen LogP contribution >= 0.6 is 0 Å². The molecule has 11 heteroatoms. The van der Waals surface area contributed by atoms with Crippen LogP contribution in [0.25, 0.3) is 16.8 Å². The molecule has 1 atom stereocenters. The molecule has 210 valence electrons. The summed E-state index contributed by atoms with van der Waals surface area (Å²) in [6.45, 7) is 3.28. The van der Waals surface area contributed by atoms with Gasteiger partial charge in [0, 0.05) is 43.0 Å². The van der Waals surface area contributed by atoms with Gasteiger partial charge in [0.1, 0.15) is 22.9 Å². The Morgan fingerprint density at radius 2 is 1.98 bits per heavy atom. The lowest BCUT2D eigenvalue weighted by molar-refractivity contribution is -0.134. The number of imidazole rings is 1. The molecule has 0 radical (unpaired) electrons. The van der Waals surface area contributed by atoms with Crippen molar-refractivity contribution in [1.29, 1.82) is 0 Å². The largest absolute Gasteiger partial charge is 0.382 e. The van der Waals surface area contributed by atoms with E-state index in [1.807, 2.05) is 60.8 Å². The Labute approximate surface area is 234 Å². The minimum absolute atomic E-state index is 0.0775. The van der Waals surface area contributed by atoms with E-state index >= 15 is 0 Å². The summed E-state index contributed by atoms with van der Waals surface area (Å²) < 4.78 is 1.94. The van der Waals surface area contributed by atoms with Crippen molar-refractivity contribution in [2.24, 2.45) is 10.9 Å². The summed E-state index contributed by atoms with van der Waals surface area (Å²) in [5, 5.41) is 6.25. The monoisotopic (exact) mass is 543 g/mol. The predicted molar refractivity (Wildman–Crippen MR) is 157 cm³/mol. The van der Waals surface area contributed by atoms with Crippen molar-refractivity contribution in [3.8, 4) is 11.3 Å². The molecule has 40 heavy (non-hydrogen) atoms. The molecule has 1 aliphatic heterocycles. The number of rotatable bonds is 8. The number of aromatic nitrogens is 3. The predicted octanol–water partition coefficient (Wildman–Crippen LogP) is 3.12. The molecule has 4 rings (SSSR count). The SMILES string of the molecule is C/C=C\C(=N/N)NC(=O)c1ccc(-c2nc(C3CCCCN3C(=O)C/C=C/CN(C)C)n3ccnc(N)c23)cc1. The maximum Gasteiger partial charge on any atom is 0.256 e. The third-order valence-electron chi connectivity index (χ3n) is 6.79. The zero-order valence-corrected chi connectivity index (χ0v) is 23.2. The van der Waals surface area contributed by atoms with Crippen molar-refractivity contribution < 1.29 is 9.59 Å². The lowest BCUT2D eigenvalue weighted by atomic mass is 10.0. The molecule has 0 aliphatic carbocycles. The van der Waals surface area contributed by atoms with Crippen molar-refractivity contribution in [2.75, 3.05) is 32.9 Å². The molecule has 0 saturated carbocycles. The number of nitrogens with two attached hydrogens (primary N) is 2. The number of nitrogen functional groups attached to an aromatic ring is 1. The summed E-state index contributed by atoms with van der Waals surface area (Å²) >= 11 is 0. The zero-order chi connectivity index (χ0) is 28.6. The first kappa shape index (κ1) is 28.5. The van der Waals surface area contributed by atoms with Gasteiger partial charge >= 0.3 is 0 Å². The van der Waals surface area contributed by atoms with Crippen LogP contribution in [0.1, 0.15) is 54.8 Å². The van der Waals surface area contributed by atoms with E-state index in [2.05, 4.69) is 20.3 Å². The fourth-order valence-corrected chi connectivity index (χ4v) is 4.85. The fraction of sp³-hybridized carbons (Fsp3) is 0.345. The molecule has 2 aromatic heterocycles. The number of nitrogens with zero attached hydrogens (tertiary/aromatic N) is 6. The van der Waals surface area contributed by atoms with Crippen molar-refractivity contribution in [1.82, 2.24) is 29.5 Å². The standard InChI is InChI=1S/C29H37N9O2/c1-4-9-23(35-31)33-29(40)21-14-12-20(13-15-21)25-26-27(30)32-16-19-38(26)28(34-25)22-10-5-8-18-37(22)24(39)11-6-7-17-36(2)3/h4,6-7,9,12-16,19,22H,5,8,10-11,17-18,31H2,1-3H3,(H2,30,32)(H,33,35,40)/b7-6+,9-4-. The number of fused-ring (bicyclic) bond motifs is 1. The highest BCUT2D eigenvalue weighted by atomic mass is 16.2. The Morgan fingerprint density at radius 3 is 2.67 bits per heavy atom. The lowest BCUT2D eigenvalue weighted by Crippen LogP contribution is -2.39. The van der Waals surface area contributed by atoms with Gasteiger partial charge in [-0.1, -0.05) is 30.4 Å². The zero-order valence-electron chi connectivity index (χ0n) is 23.2. The summed E-state index contributed by atoms with van der Waals surface area (Å²) in [5.74, 6) is 6.45. The van der Waals surface area contributed by atoms with Gasteiger partial charge in [-0.15, -0.1) is 0 Å². The number of piperidine rings is 1. The molecule has 3 heterocycles. The van der Waals surface area contributed by atoms with Crippen LogP contribution in [0.5, 0.6) is 0 Å². The van der Waals surface area contributed by atoms with E-state index in [0.29, 0.717) is 35.6 Å². The first-order chi connectivity index (χ1) is 19.3. The number of benzene rings is 1. The number of hydrazone groups is 1. The van der Waals surface area contributed by atoms with Crippen LogP contribution in [0.15, 0.2) is 66.1 Å². The number of likely N-dealkylation sites (tertiary alicyclic amines) is 1. The quantitative estimate of drug-likeness (QED) is 0.130. The van der Waals surface area contributed by atoms with Gasteiger partial charge in [0.2, 0.25) is 5.91 Å². The summed E-state index contributed by atoms with van der Waals surface area (Å²) in [5.41, 5.74) is 8.89. The number of hydrogen-bond donors (Lipinski definition) is 3. The highest BCUT2D eigenvalue weighted by Crippen LogP contribution is 2.36. The van der Waals surface area contributed by atoms with Crippen LogP contribution in [0, 0.1) is 0 Å². The van der Waals surface area contributed by atoms with E-state index in [1.54, 1.807) is 30.5 Å². The highest BCUT2D eigenvalue weighted by molar-refractivity contribution is 6.10. The van der Waals surface area contributed by atoms with Gasteiger partial charge in [0.15, 0.2) is 5.84 Å². The summed E-state index contributed by atoms with van der Waals surface area (Å²) in [7, 11) is 3.99. The second-order valence-electron chi connectivity index (χ2n) is 9.93. The van der Waals surface area contributed by atoms with Crippen LogP contribution in [-0.4, -0.2) is 69.0 Å². The van der Waals surface area contributed by atoms with Gasteiger partial charge < -0.3 is 26.7 Å². The van der Waals surface area contributed by atoms with Crippen LogP contribution < -0.4 is 16.9 Å². The smallest absolute Gasteiger partial charge is 0.256 e. The number of amidine groups is 1. The number of nitrogens with one attached hydrogen (secondary N) is 1. The molecule has 0 spiro atoms. The second kappa shape index (κ2) is 13.0. The maximum absolute atomic E-state index is 13.3. The topological polar surface area (TPSA) is 147 Å². The normalized spacial score (nSPS) is 16.4. The molecule has 1 saturated heterocycles. The Morgan fingerprint density at radius 1 is 1.20 bits per heavy atom. The molecule has 11 nitrogen and oxygen atoms in total. The first-order valence-electron chi connectivity index (χ1n) is 13.4. The lowest BCUT2D eigenvalue weighted by Gasteiger charge is -2.35. The Balaban J connectivity index is 1.65. The van der Waals surface area contributed by atoms with Crippen LogP contribution in [0.2, 0.25) is 0 Å². The van der Waals surface area contributed by atoms with E-state index < -0.39 is 0 Å². The second-order valence-corrected chi connectivity index (χ2v) is 9.93. The van der Waals surface area contributed by atoms with Crippen molar-refractivity contribution >= 4 is 29.0 Å². The van der Waals surface area contributed by atoms with Crippen LogP contribution in [-0.2, 0) is 4.79 Å². The van der Waals surface area contributed by atoms with E-state index in [-0.39, 0.29) is 23.7 Å². The van der Waals surface area contributed by atoms with E-state index in [1.165, 1.54) is 0 Å². The third-order valence-corrected chi connectivity index (χ3v) is 6.79. The third kappa shape index (κ3) is 6.37. The van der Waals surface area contributed by atoms with Crippen LogP contribution in [0.3, 0.4) is 0 Å². The molecule has 2 amide bonds. The molecule has 0 bridgehead atoms. The number of hydrogen-bond acceptors (Lipinski definition) is 8. The van der Waals surface area contributed by atoms with Crippen molar-refractivity contribution in [3.05, 3.63) is 72.4 Å². The summed E-state index contributed by atoms with van der Waals surface area (Å²) in [6, 6.07) is 6.88. The van der Waals surface area contributed by atoms with Crippen molar-refractivity contribution in [2.45, 2.75) is 38.6 Å². The highest BCUT2D eigenvalue weighted by Gasteiger charge is 2.32. The van der Waals surface area contributed by atoms with Gasteiger partial charge in [-0.3, -0.25) is 14.0 Å². The summed E-state index contributed by atoms with van der Waals surface area (Å²) in [4.78, 5) is 39.3. The molecule has 3 aromatic rings. The molecule has 1 aromatic carbocycles.